The normalized spacial score (nSPS) is 11.7. The van der Waals surface area contributed by atoms with E-state index in [1.165, 1.54) is 13.0 Å². The van der Waals surface area contributed by atoms with E-state index in [1.807, 2.05) is 0 Å². The van der Waals surface area contributed by atoms with E-state index in [0.29, 0.717) is 5.57 Å². The van der Waals surface area contributed by atoms with Crippen LogP contribution < -0.4 is 0 Å². The lowest BCUT2D eigenvalue weighted by atomic mass is 10.1. The zero-order valence-corrected chi connectivity index (χ0v) is 5.83. The molecule has 0 saturated carbocycles. The maximum Gasteiger partial charge on any atom is 0.189 e. The highest BCUT2D eigenvalue weighted by molar-refractivity contribution is 5.99. The molecule has 0 aliphatic rings. The van der Waals surface area contributed by atoms with Crippen LogP contribution in [0, 0.1) is 4.91 Å². The molecule has 0 aliphatic carbocycles. The number of nitroso groups, excluding NO2 is 1. The summed E-state index contributed by atoms with van der Waals surface area (Å²) < 4.78 is 0. The summed E-state index contributed by atoms with van der Waals surface area (Å²) in [4.78, 5) is 20.7. The summed E-state index contributed by atoms with van der Waals surface area (Å²) in [5.41, 5.74) is 0.324. The average molecular weight is 139 g/mol. The SMILES string of the molecule is C=CC(N=O)C(=O)C(=C)C. The van der Waals surface area contributed by atoms with Gasteiger partial charge in [0.05, 0.1) is 0 Å². The number of hydrogen-bond acceptors (Lipinski definition) is 3. The second kappa shape index (κ2) is 3.71. The van der Waals surface area contributed by atoms with Gasteiger partial charge in [0.1, 0.15) is 0 Å². The average Bonchev–Trinajstić information content (AvgIpc) is 1.90. The fraction of sp³-hybridized carbons (Fsp3) is 0.286. The van der Waals surface area contributed by atoms with E-state index in [4.69, 9.17) is 0 Å². The Labute approximate surface area is 59.4 Å². The Balaban J connectivity index is 4.29. The molecule has 0 spiro atoms. The van der Waals surface area contributed by atoms with Crippen LogP contribution in [-0.2, 0) is 4.79 Å². The van der Waals surface area contributed by atoms with Crippen LogP contribution in [0.3, 0.4) is 0 Å². The van der Waals surface area contributed by atoms with Gasteiger partial charge >= 0.3 is 0 Å². The summed E-state index contributed by atoms with van der Waals surface area (Å²) in [6, 6.07) is -0.961. The summed E-state index contributed by atoms with van der Waals surface area (Å²) >= 11 is 0. The van der Waals surface area contributed by atoms with Crippen LogP contribution in [0.15, 0.2) is 30.0 Å². The number of Topliss-reactive ketones (excluding diaryl/α,β-unsaturated/α-hetero) is 1. The number of rotatable bonds is 4. The minimum absolute atomic E-state index is 0.324. The third kappa shape index (κ3) is 1.93. The molecule has 0 saturated heterocycles. The van der Waals surface area contributed by atoms with Crippen molar-refractivity contribution in [3.63, 3.8) is 0 Å². The van der Waals surface area contributed by atoms with Crippen LogP contribution in [-0.4, -0.2) is 11.8 Å². The zero-order valence-electron chi connectivity index (χ0n) is 5.83. The Kier molecular flexibility index (Phi) is 3.25. The van der Waals surface area contributed by atoms with E-state index in [0.717, 1.165) is 0 Å². The first-order chi connectivity index (χ1) is 4.63. The van der Waals surface area contributed by atoms with E-state index in [9.17, 15) is 9.70 Å². The summed E-state index contributed by atoms with van der Waals surface area (Å²) in [6.45, 7) is 8.19. The molecule has 1 unspecified atom stereocenters. The van der Waals surface area contributed by atoms with Crippen LogP contribution in [0.25, 0.3) is 0 Å². The molecule has 0 bridgehead atoms. The van der Waals surface area contributed by atoms with Crippen LogP contribution in [0.2, 0.25) is 0 Å². The fourth-order valence-corrected chi connectivity index (χ4v) is 0.450. The summed E-state index contributed by atoms with van der Waals surface area (Å²) in [5, 5.41) is 2.55. The van der Waals surface area contributed by atoms with Gasteiger partial charge < -0.3 is 0 Å². The Hall–Kier alpha value is -1.25. The van der Waals surface area contributed by atoms with Crippen molar-refractivity contribution < 1.29 is 4.79 Å². The maximum absolute atomic E-state index is 10.8. The second-order valence-corrected chi connectivity index (χ2v) is 1.93. The van der Waals surface area contributed by atoms with Crippen LogP contribution in [0.1, 0.15) is 6.92 Å². The van der Waals surface area contributed by atoms with Gasteiger partial charge in [-0.1, -0.05) is 17.8 Å². The predicted octanol–water partition coefficient (Wildman–Crippen LogP) is 1.45. The molecule has 0 radical (unpaired) electrons. The van der Waals surface area contributed by atoms with Crippen molar-refractivity contribution in [1.82, 2.24) is 0 Å². The molecule has 0 rings (SSSR count). The van der Waals surface area contributed by atoms with Gasteiger partial charge in [-0.05, 0) is 12.5 Å². The Morgan fingerprint density at radius 3 is 2.30 bits per heavy atom. The summed E-state index contributed by atoms with van der Waals surface area (Å²) in [5.74, 6) is -0.370. The summed E-state index contributed by atoms with van der Waals surface area (Å²) in [6.07, 6.45) is 1.20. The van der Waals surface area contributed by atoms with E-state index in [-0.39, 0.29) is 5.78 Å². The van der Waals surface area contributed by atoms with Crippen LogP contribution >= 0.6 is 0 Å². The lowest BCUT2D eigenvalue weighted by Gasteiger charge is -1.99. The van der Waals surface area contributed by atoms with Crippen molar-refractivity contribution in [3.05, 3.63) is 29.7 Å². The van der Waals surface area contributed by atoms with E-state index < -0.39 is 6.04 Å². The van der Waals surface area contributed by atoms with E-state index >= 15 is 0 Å². The number of nitrogens with zero attached hydrogens (tertiary/aromatic N) is 1. The first kappa shape index (κ1) is 8.75. The molecule has 0 fully saturated rings. The molecule has 54 valence electrons. The number of carbonyl (C=O) groups excluding carboxylic acids is 1. The van der Waals surface area contributed by atoms with Crippen molar-refractivity contribution in [3.8, 4) is 0 Å². The molecule has 0 heterocycles. The second-order valence-electron chi connectivity index (χ2n) is 1.93. The Bertz CT molecular complexity index is 176. The topological polar surface area (TPSA) is 46.5 Å². The molecule has 0 aromatic heterocycles. The van der Waals surface area contributed by atoms with E-state index in [1.54, 1.807) is 0 Å². The lowest BCUT2D eigenvalue weighted by molar-refractivity contribution is -0.115. The Morgan fingerprint density at radius 1 is 1.70 bits per heavy atom. The van der Waals surface area contributed by atoms with E-state index in [2.05, 4.69) is 18.3 Å². The fourth-order valence-electron chi connectivity index (χ4n) is 0.450. The molecule has 0 aromatic rings. The quantitative estimate of drug-likeness (QED) is 0.336. The largest absolute Gasteiger partial charge is 0.292 e. The smallest absolute Gasteiger partial charge is 0.189 e. The molecule has 3 nitrogen and oxygen atoms in total. The van der Waals surface area contributed by atoms with Gasteiger partial charge in [-0.2, -0.15) is 0 Å². The molecule has 0 amide bonds. The van der Waals surface area contributed by atoms with Crippen LogP contribution in [0.5, 0.6) is 0 Å². The lowest BCUT2D eigenvalue weighted by Crippen LogP contribution is -2.15. The third-order valence-electron chi connectivity index (χ3n) is 1.03. The van der Waals surface area contributed by atoms with Crippen molar-refractivity contribution >= 4 is 5.78 Å². The van der Waals surface area contributed by atoms with Crippen molar-refractivity contribution in [2.24, 2.45) is 5.18 Å². The van der Waals surface area contributed by atoms with Gasteiger partial charge in [-0.15, -0.1) is 11.5 Å². The monoisotopic (exact) mass is 139 g/mol. The molecule has 0 N–H and O–H groups in total. The maximum atomic E-state index is 10.8. The van der Waals surface area contributed by atoms with Gasteiger partial charge in [0, 0.05) is 0 Å². The number of ketones is 1. The number of carbonyl (C=O) groups is 1. The molecule has 0 aromatic carbocycles. The highest BCUT2D eigenvalue weighted by Gasteiger charge is 2.14. The van der Waals surface area contributed by atoms with Crippen LogP contribution in [0.4, 0.5) is 0 Å². The van der Waals surface area contributed by atoms with Gasteiger partial charge in [0.15, 0.2) is 11.8 Å². The Morgan fingerprint density at radius 2 is 2.20 bits per heavy atom. The number of hydrogen-bond donors (Lipinski definition) is 0. The van der Waals surface area contributed by atoms with Crippen molar-refractivity contribution in [1.29, 1.82) is 0 Å². The highest BCUT2D eigenvalue weighted by atomic mass is 16.3. The standard InChI is InChI=1S/C7H9NO2/c1-4-6(8-10)7(9)5(2)3/h4,6H,1-2H2,3H3. The van der Waals surface area contributed by atoms with Gasteiger partial charge in [-0.3, -0.25) is 4.79 Å². The van der Waals surface area contributed by atoms with Gasteiger partial charge in [0.25, 0.3) is 0 Å². The highest BCUT2D eigenvalue weighted by Crippen LogP contribution is 2.00. The third-order valence-corrected chi connectivity index (χ3v) is 1.03. The molecular formula is C7H9NO2. The first-order valence-corrected chi connectivity index (χ1v) is 2.78. The minimum Gasteiger partial charge on any atom is -0.292 e. The molecule has 1 atom stereocenters. The molecule has 0 aliphatic heterocycles. The van der Waals surface area contributed by atoms with Gasteiger partial charge in [-0.25, -0.2) is 0 Å². The van der Waals surface area contributed by atoms with Gasteiger partial charge in [0.2, 0.25) is 0 Å². The first-order valence-electron chi connectivity index (χ1n) is 2.78. The molecule has 10 heavy (non-hydrogen) atoms. The molecule has 3 heteroatoms. The minimum atomic E-state index is -0.961. The van der Waals surface area contributed by atoms with Crippen molar-refractivity contribution in [2.45, 2.75) is 13.0 Å². The molecular weight excluding hydrogens is 130 g/mol. The summed E-state index contributed by atoms with van der Waals surface area (Å²) in [7, 11) is 0. The zero-order chi connectivity index (χ0) is 8.15. The van der Waals surface area contributed by atoms with Crippen molar-refractivity contribution in [2.75, 3.05) is 0 Å². The predicted molar refractivity (Wildman–Crippen MR) is 39.6 cm³/mol.